The molecule has 1 aliphatic heterocycles. The first-order valence-electron chi connectivity index (χ1n) is 5.19. The molecule has 1 unspecified atom stereocenters. The van der Waals surface area contributed by atoms with E-state index in [1.165, 1.54) is 22.6 Å². The summed E-state index contributed by atoms with van der Waals surface area (Å²) in [6.45, 7) is 0.434. The van der Waals surface area contributed by atoms with Crippen LogP contribution in [0.4, 0.5) is 0 Å². The average Bonchev–Trinajstić information content (AvgIpc) is 2.76. The van der Waals surface area contributed by atoms with Gasteiger partial charge in [-0.3, -0.25) is 0 Å². The molecular weight excluding hydrogens is 240 g/mol. The second kappa shape index (κ2) is 4.41. The molecule has 0 saturated carbocycles. The number of pyridine rings is 1. The Morgan fingerprint density at radius 2 is 2.29 bits per heavy atom. The molecule has 0 aliphatic carbocycles. The summed E-state index contributed by atoms with van der Waals surface area (Å²) in [4.78, 5) is 3.83. The molecule has 1 aromatic rings. The van der Waals surface area contributed by atoms with Crippen molar-refractivity contribution < 1.29 is 8.42 Å². The van der Waals surface area contributed by atoms with Crippen LogP contribution in [0.15, 0.2) is 23.2 Å². The van der Waals surface area contributed by atoms with Gasteiger partial charge in [0.05, 0.1) is 6.17 Å². The van der Waals surface area contributed by atoms with Gasteiger partial charge < -0.3 is 5.73 Å². The second-order valence-corrected chi connectivity index (χ2v) is 5.71. The molecule has 2 heterocycles. The zero-order chi connectivity index (χ0) is 12.5. The maximum absolute atomic E-state index is 12.2. The van der Waals surface area contributed by atoms with E-state index < -0.39 is 16.2 Å². The SMILES string of the molecule is N#Cc1ccc(S(=O)(=O)N2CCCC2N)cn1. The Bertz CT molecular complexity index is 547. The molecule has 0 radical (unpaired) electrons. The normalized spacial score (nSPS) is 21.3. The van der Waals surface area contributed by atoms with Crippen LogP contribution in [0, 0.1) is 11.3 Å². The van der Waals surface area contributed by atoms with E-state index in [0.717, 1.165) is 6.42 Å². The number of hydrogen-bond acceptors (Lipinski definition) is 5. The minimum absolute atomic E-state index is 0.0776. The minimum Gasteiger partial charge on any atom is -0.315 e. The number of nitrogens with zero attached hydrogens (tertiary/aromatic N) is 3. The number of nitriles is 1. The van der Waals surface area contributed by atoms with Crippen LogP contribution in [0.5, 0.6) is 0 Å². The van der Waals surface area contributed by atoms with Crippen LogP contribution < -0.4 is 5.73 Å². The zero-order valence-electron chi connectivity index (χ0n) is 9.07. The largest absolute Gasteiger partial charge is 0.315 e. The molecule has 2 N–H and O–H groups in total. The molecule has 1 aliphatic rings. The fourth-order valence-electron chi connectivity index (χ4n) is 1.80. The van der Waals surface area contributed by atoms with Crippen molar-refractivity contribution >= 4 is 10.0 Å². The molecule has 17 heavy (non-hydrogen) atoms. The Morgan fingerprint density at radius 1 is 1.53 bits per heavy atom. The van der Waals surface area contributed by atoms with Gasteiger partial charge in [0.25, 0.3) is 0 Å². The molecular formula is C10H12N4O2S. The van der Waals surface area contributed by atoms with E-state index in [2.05, 4.69) is 4.98 Å². The fourth-order valence-corrected chi connectivity index (χ4v) is 3.33. The summed E-state index contributed by atoms with van der Waals surface area (Å²) in [5.74, 6) is 0. The highest BCUT2D eigenvalue weighted by atomic mass is 32.2. The Kier molecular flexibility index (Phi) is 3.11. The lowest BCUT2D eigenvalue weighted by atomic mass is 10.3. The zero-order valence-corrected chi connectivity index (χ0v) is 9.89. The van der Waals surface area contributed by atoms with Crippen molar-refractivity contribution in [2.24, 2.45) is 5.73 Å². The molecule has 6 nitrogen and oxygen atoms in total. The predicted molar refractivity (Wildman–Crippen MR) is 60.1 cm³/mol. The van der Waals surface area contributed by atoms with Crippen molar-refractivity contribution in [3.63, 3.8) is 0 Å². The highest BCUT2D eigenvalue weighted by Gasteiger charge is 2.33. The number of hydrogen-bond donors (Lipinski definition) is 1. The van der Waals surface area contributed by atoms with Crippen LogP contribution in [0.3, 0.4) is 0 Å². The van der Waals surface area contributed by atoms with Gasteiger partial charge in [0.15, 0.2) is 0 Å². The van der Waals surface area contributed by atoms with E-state index in [1.54, 1.807) is 0 Å². The molecule has 2 rings (SSSR count). The summed E-state index contributed by atoms with van der Waals surface area (Å²) >= 11 is 0. The molecule has 90 valence electrons. The number of nitrogens with two attached hydrogens (primary N) is 1. The van der Waals surface area contributed by atoms with E-state index >= 15 is 0 Å². The standard InChI is InChI=1S/C10H12N4O2S/c11-6-8-3-4-9(7-13-8)17(15,16)14-5-1-2-10(14)12/h3-4,7,10H,1-2,5,12H2. The van der Waals surface area contributed by atoms with Crippen molar-refractivity contribution in [1.82, 2.24) is 9.29 Å². The molecule has 0 spiro atoms. The number of sulfonamides is 1. The van der Waals surface area contributed by atoms with Crippen LogP contribution in [0.25, 0.3) is 0 Å². The minimum atomic E-state index is -3.58. The summed E-state index contributed by atoms with van der Waals surface area (Å²) in [7, 11) is -3.58. The van der Waals surface area contributed by atoms with Gasteiger partial charge in [-0.25, -0.2) is 13.4 Å². The van der Waals surface area contributed by atoms with E-state index in [0.29, 0.717) is 13.0 Å². The first kappa shape index (κ1) is 12.0. The topological polar surface area (TPSA) is 100 Å². The second-order valence-electron chi connectivity index (χ2n) is 3.82. The Labute approximate surface area is 99.7 Å². The monoisotopic (exact) mass is 252 g/mol. The summed E-state index contributed by atoms with van der Waals surface area (Å²) < 4.78 is 25.6. The number of rotatable bonds is 2. The lowest BCUT2D eigenvalue weighted by Gasteiger charge is -2.20. The molecule has 1 aromatic heterocycles. The van der Waals surface area contributed by atoms with Crippen LogP contribution in [0.1, 0.15) is 18.5 Å². The van der Waals surface area contributed by atoms with Crippen LogP contribution in [-0.4, -0.2) is 30.4 Å². The maximum atomic E-state index is 12.2. The third-order valence-corrected chi connectivity index (χ3v) is 4.61. The molecule has 7 heteroatoms. The highest BCUT2D eigenvalue weighted by molar-refractivity contribution is 7.89. The Hall–Kier alpha value is -1.49. The lowest BCUT2D eigenvalue weighted by Crippen LogP contribution is -2.40. The molecule has 1 atom stereocenters. The van der Waals surface area contributed by atoms with E-state index in [4.69, 9.17) is 11.0 Å². The Balaban J connectivity index is 2.35. The summed E-state index contributed by atoms with van der Waals surface area (Å²) in [5, 5.41) is 8.59. The number of aromatic nitrogens is 1. The van der Waals surface area contributed by atoms with E-state index in [9.17, 15) is 8.42 Å². The van der Waals surface area contributed by atoms with Gasteiger partial charge in [0.2, 0.25) is 10.0 Å². The lowest BCUT2D eigenvalue weighted by molar-refractivity contribution is 0.396. The molecule has 1 saturated heterocycles. The van der Waals surface area contributed by atoms with Crippen LogP contribution >= 0.6 is 0 Å². The van der Waals surface area contributed by atoms with Crippen molar-refractivity contribution in [1.29, 1.82) is 5.26 Å². The predicted octanol–water partition coefficient (Wildman–Crippen LogP) is 0.0226. The third kappa shape index (κ3) is 2.15. The first-order chi connectivity index (χ1) is 8.05. The third-order valence-electron chi connectivity index (χ3n) is 2.71. The summed E-state index contributed by atoms with van der Waals surface area (Å²) in [5.41, 5.74) is 5.92. The van der Waals surface area contributed by atoms with Gasteiger partial charge >= 0.3 is 0 Å². The van der Waals surface area contributed by atoms with Gasteiger partial charge in [-0.15, -0.1) is 0 Å². The average molecular weight is 252 g/mol. The summed E-state index contributed by atoms with van der Waals surface area (Å²) in [6.07, 6.45) is 2.17. The van der Waals surface area contributed by atoms with E-state index in [-0.39, 0.29) is 10.6 Å². The van der Waals surface area contributed by atoms with Crippen molar-refractivity contribution in [2.45, 2.75) is 23.9 Å². The molecule has 0 bridgehead atoms. The Morgan fingerprint density at radius 3 is 2.76 bits per heavy atom. The van der Waals surface area contributed by atoms with Gasteiger partial charge in [-0.2, -0.15) is 9.57 Å². The molecule has 0 amide bonds. The smallest absolute Gasteiger partial charge is 0.245 e. The van der Waals surface area contributed by atoms with Crippen LogP contribution in [-0.2, 0) is 10.0 Å². The van der Waals surface area contributed by atoms with Gasteiger partial charge in [-0.1, -0.05) is 0 Å². The molecule has 1 fully saturated rings. The fraction of sp³-hybridized carbons (Fsp3) is 0.400. The van der Waals surface area contributed by atoms with Crippen LogP contribution in [0.2, 0.25) is 0 Å². The summed E-state index contributed by atoms with van der Waals surface area (Å²) in [6, 6.07) is 4.60. The van der Waals surface area contributed by atoms with Crippen molar-refractivity contribution in [3.05, 3.63) is 24.0 Å². The van der Waals surface area contributed by atoms with E-state index in [1.807, 2.05) is 6.07 Å². The molecule has 0 aromatic carbocycles. The first-order valence-corrected chi connectivity index (χ1v) is 6.63. The van der Waals surface area contributed by atoms with Crippen molar-refractivity contribution in [3.8, 4) is 6.07 Å². The maximum Gasteiger partial charge on any atom is 0.245 e. The quantitative estimate of drug-likeness (QED) is 0.800. The van der Waals surface area contributed by atoms with Crippen molar-refractivity contribution in [2.75, 3.05) is 6.54 Å². The van der Waals surface area contributed by atoms with Gasteiger partial charge in [0, 0.05) is 12.7 Å². The van der Waals surface area contributed by atoms with Gasteiger partial charge in [0.1, 0.15) is 16.7 Å². The van der Waals surface area contributed by atoms with Gasteiger partial charge in [-0.05, 0) is 25.0 Å². The highest BCUT2D eigenvalue weighted by Crippen LogP contribution is 2.22.